The number of aliphatic hydroxyl groups is 1. The number of aromatic hydroxyl groups is 1. The van der Waals surface area contributed by atoms with Crippen LogP contribution in [0.1, 0.15) is 50.4 Å². The monoisotopic (exact) mass is 308 g/mol. The number of hydrogen-bond donors (Lipinski definition) is 2. The second kappa shape index (κ2) is 8.79. The number of carbonyl (C=O) groups is 1. The van der Waals surface area contributed by atoms with Gasteiger partial charge in [-0.2, -0.15) is 0 Å². The summed E-state index contributed by atoms with van der Waals surface area (Å²) >= 11 is 0. The lowest BCUT2D eigenvalue weighted by molar-refractivity contribution is 0.0266. The molecular weight excluding hydrogens is 280 g/mol. The summed E-state index contributed by atoms with van der Waals surface area (Å²) < 4.78 is 4.42. The largest absolute Gasteiger partial charge is 0.507 e. The molecule has 0 saturated heterocycles. The van der Waals surface area contributed by atoms with Gasteiger partial charge >= 0.3 is 5.97 Å². The van der Waals surface area contributed by atoms with Crippen molar-refractivity contribution in [2.45, 2.75) is 46.1 Å². The molecule has 1 aromatic rings. The van der Waals surface area contributed by atoms with E-state index in [1.165, 1.54) is 32.1 Å². The first-order valence-electron chi connectivity index (χ1n) is 7.91. The van der Waals surface area contributed by atoms with Crippen LogP contribution in [0.2, 0.25) is 0 Å². The number of esters is 1. The Hall–Kier alpha value is -1.55. The third kappa shape index (κ3) is 5.34. The lowest BCUT2D eigenvalue weighted by Crippen LogP contribution is -2.31. The highest BCUT2D eigenvalue weighted by molar-refractivity contribution is 5.92. The number of hydrogen-bond acceptors (Lipinski definition) is 4. The number of phenols is 1. The molecule has 124 valence electrons. The molecule has 22 heavy (non-hydrogen) atoms. The van der Waals surface area contributed by atoms with E-state index in [1.54, 1.807) is 12.1 Å². The van der Waals surface area contributed by atoms with Crippen molar-refractivity contribution in [1.29, 1.82) is 0 Å². The van der Waals surface area contributed by atoms with Crippen molar-refractivity contribution in [3.63, 3.8) is 0 Å². The molecule has 1 aromatic carbocycles. The van der Waals surface area contributed by atoms with Gasteiger partial charge in [-0.3, -0.25) is 0 Å². The zero-order chi connectivity index (χ0) is 16.7. The average Bonchev–Trinajstić information content (AvgIpc) is 2.47. The standard InChI is InChI=1S/C10H20O.C8H8O3/c1-7(2)9-5-4-8(3)6-10(9)11;1-11-8(10)6-4-2-3-5-7(6)9/h7-11H,4-6H2,1-3H3;2-5,9H,1H3. The van der Waals surface area contributed by atoms with Gasteiger partial charge in [-0.15, -0.1) is 0 Å². The molecule has 0 radical (unpaired) electrons. The van der Waals surface area contributed by atoms with Crippen LogP contribution in [0, 0.1) is 17.8 Å². The predicted octanol–water partition coefficient (Wildman–Crippen LogP) is 3.62. The summed E-state index contributed by atoms with van der Waals surface area (Å²) in [4.78, 5) is 10.9. The molecule has 1 aliphatic carbocycles. The molecule has 1 aliphatic rings. The van der Waals surface area contributed by atoms with Gasteiger partial charge in [0, 0.05) is 0 Å². The molecule has 3 atom stereocenters. The van der Waals surface area contributed by atoms with Crippen LogP contribution in [0.5, 0.6) is 5.75 Å². The van der Waals surface area contributed by atoms with Gasteiger partial charge < -0.3 is 14.9 Å². The maximum Gasteiger partial charge on any atom is 0.341 e. The molecule has 2 rings (SSSR count). The van der Waals surface area contributed by atoms with Gasteiger partial charge in [-0.25, -0.2) is 4.79 Å². The third-order valence-electron chi connectivity index (χ3n) is 4.30. The zero-order valence-electron chi connectivity index (χ0n) is 14.0. The Bertz CT molecular complexity index is 470. The molecule has 3 unspecified atom stereocenters. The molecule has 0 heterocycles. The van der Waals surface area contributed by atoms with E-state index in [0.717, 1.165) is 12.3 Å². The van der Waals surface area contributed by atoms with Crippen molar-refractivity contribution >= 4 is 5.97 Å². The summed E-state index contributed by atoms with van der Waals surface area (Å²) in [5, 5.41) is 18.8. The molecule has 0 bridgehead atoms. The highest BCUT2D eigenvalue weighted by Crippen LogP contribution is 2.33. The highest BCUT2D eigenvalue weighted by atomic mass is 16.5. The van der Waals surface area contributed by atoms with Gasteiger partial charge in [0.05, 0.1) is 13.2 Å². The van der Waals surface area contributed by atoms with E-state index in [2.05, 4.69) is 25.5 Å². The topological polar surface area (TPSA) is 66.8 Å². The molecule has 1 fully saturated rings. The fraction of sp³-hybridized carbons (Fsp3) is 0.611. The predicted molar refractivity (Wildman–Crippen MR) is 86.8 cm³/mol. The Morgan fingerprint density at radius 1 is 1.27 bits per heavy atom. The van der Waals surface area contributed by atoms with Crippen molar-refractivity contribution in [2.75, 3.05) is 7.11 Å². The fourth-order valence-electron chi connectivity index (χ4n) is 2.91. The second-order valence-electron chi connectivity index (χ2n) is 6.40. The maximum absolute atomic E-state index is 10.9. The van der Waals surface area contributed by atoms with Crippen molar-refractivity contribution in [3.05, 3.63) is 29.8 Å². The summed E-state index contributed by atoms with van der Waals surface area (Å²) in [6.45, 7) is 6.66. The minimum absolute atomic E-state index is 0.0289. The normalized spacial score (nSPS) is 24.4. The molecule has 0 aliphatic heterocycles. The molecule has 4 nitrogen and oxygen atoms in total. The minimum Gasteiger partial charge on any atom is -0.507 e. The summed E-state index contributed by atoms with van der Waals surface area (Å²) in [7, 11) is 1.27. The Morgan fingerprint density at radius 3 is 2.41 bits per heavy atom. The fourth-order valence-corrected chi connectivity index (χ4v) is 2.91. The molecular formula is C18H28O4. The summed E-state index contributed by atoms with van der Waals surface area (Å²) in [6.07, 6.45) is 3.52. The Morgan fingerprint density at radius 2 is 1.91 bits per heavy atom. The number of para-hydroxylation sites is 1. The third-order valence-corrected chi connectivity index (χ3v) is 4.30. The van der Waals surface area contributed by atoms with E-state index in [9.17, 15) is 9.90 Å². The molecule has 0 amide bonds. The van der Waals surface area contributed by atoms with E-state index in [-0.39, 0.29) is 17.4 Å². The summed E-state index contributed by atoms with van der Waals surface area (Å²) in [6, 6.07) is 6.24. The van der Waals surface area contributed by atoms with Gasteiger partial charge in [0.2, 0.25) is 0 Å². The Balaban J connectivity index is 0.000000220. The first-order chi connectivity index (χ1) is 10.4. The number of rotatable bonds is 2. The van der Waals surface area contributed by atoms with Crippen LogP contribution in [0.4, 0.5) is 0 Å². The molecule has 0 spiro atoms. The Kier molecular flexibility index (Phi) is 7.39. The van der Waals surface area contributed by atoms with E-state index in [0.29, 0.717) is 11.8 Å². The van der Waals surface area contributed by atoms with Crippen molar-refractivity contribution in [2.24, 2.45) is 17.8 Å². The number of methoxy groups -OCH3 is 1. The first kappa shape index (κ1) is 18.5. The summed E-state index contributed by atoms with van der Waals surface area (Å²) in [5.74, 6) is 1.37. The van der Waals surface area contributed by atoms with E-state index in [1.807, 2.05) is 0 Å². The molecule has 1 saturated carbocycles. The Labute approximate surface area is 133 Å². The first-order valence-corrected chi connectivity index (χ1v) is 7.91. The SMILES string of the molecule is CC1CCC(C(C)C)C(O)C1.COC(=O)c1ccccc1O. The molecule has 0 aromatic heterocycles. The van der Waals surface area contributed by atoms with Crippen molar-refractivity contribution in [3.8, 4) is 5.75 Å². The lowest BCUT2D eigenvalue weighted by Gasteiger charge is -2.33. The number of aliphatic hydroxyl groups excluding tert-OH is 1. The van der Waals surface area contributed by atoms with Crippen LogP contribution in [0.3, 0.4) is 0 Å². The smallest absolute Gasteiger partial charge is 0.341 e. The van der Waals surface area contributed by atoms with Crippen molar-refractivity contribution < 1.29 is 19.7 Å². The van der Waals surface area contributed by atoms with Crippen LogP contribution in [0.25, 0.3) is 0 Å². The molecule has 2 N–H and O–H groups in total. The molecule has 4 heteroatoms. The van der Waals surface area contributed by atoms with E-state index < -0.39 is 5.97 Å². The lowest BCUT2D eigenvalue weighted by atomic mass is 9.75. The highest BCUT2D eigenvalue weighted by Gasteiger charge is 2.28. The average molecular weight is 308 g/mol. The van der Waals surface area contributed by atoms with Gasteiger partial charge in [0.25, 0.3) is 0 Å². The van der Waals surface area contributed by atoms with Gasteiger partial charge in [-0.1, -0.05) is 39.3 Å². The second-order valence-corrected chi connectivity index (χ2v) is 6.40. The van der Waals surface area contributed by atoms with Gasteiger partial charge in [0.15, 0.2) is 0 Å². The number of benzene rings is 1. The van der Waals surface area contributed by atoms with E-state index in [4.69, 9.17) is 5.11 Å². The van der Waals surface area contributed by atoms with Crippen LogP contribution in [-0.4, -0.2) is 29.4 Å². The number of carbonyl (C=O) groups excluding carboxylic acids is 1. The maximum atomic E-state index is 10.9. The minimum atomic E-state index is -0.525. The zero-order valence-corrected chi connectivity index (χ0v) is 14.0. The quantitative estimate of drug-likeness (QED) is 0.819. The van der Waals surface area contributed by atoms with Gasteiger partial charge in [0.1, 0.15) is 11.3 Å². The van der Waals surface area contributed by atoms with Crippen LogP contribution in [-0.2, 0) is 4.74 Å². The van der Waals surface area contributed by atoms with Crippen LogP contribution < -0.4 is 0 Å². The number of ether oxygens (including phenoxy) is 1. The van der Waals surface area contributed by atoms with Crippen molar-refractivity contribution in [1.82, 2.24) is 0 Å². The number of phenolic OH excluding ortho intramolecular Hbond substituents is 1. The van der Waals surface area contributed by atoms with Crippen LogP contribution in [0.15, 0.2) is 24.3 Å². The van der Waals surface area contributed by atoms with E-state index >= 15 is 0 Å². The van der Waals surface area contributed by atoms with Crippen LogP contribution >= 0.6 is 0 Å². The summed E-state index contributed by atoms with van der Waals surface area (Å²) in [5.41, 5.74) is 0.190. The van der Waals surface area contributed by atoms with Gasteiger partial charge in [-0.05, 0) is 42.7 Å².